The Kier molecular flexibility index (Phi) is 7.50. The van der Waals surface area contributed by atoms with Crippen LogP contribution in [0.15, 0.2) is 0 Å². The van der Waals surface area contributed by atoms with Gasteiger partial charge in [0.15, 0.2) is 0 Å². The molecule has 6 nitrogen and oxygen atoms in total. The minimum atomic E-state index is -3.42. The molecule has 0 aromatic carbocycles. The quantitative estimate of drug-likeness (QED) is 0.737. The second kappa shape index (κ2) is 9.15. The lowest BCUT2D eigenvalue weighted by atomic mass is 9.96. The van der Waals surface area contributed by atoms with Crippen molar-refractivity contribution in [2.75, 3.05) is 33.7 Å². The van der Waals surface area contributed by atoms with Gasteiger partial charge >= 0.3 is 0 Å². The first-order chi connectivity index (χ1) is 11.4. The van der Waals surface area contributed by atoms with E-state index >= 15 is 0 Å². The predicted molar refractivity (Wildman–Crippen MR) is 95.7 cm³/mol. The fourth-order valence-electron chi connectivity index (χ4n) is 3.79. The maximum atomic E-state index is 12.4. The largest absolute Gasteiger partial charge is 0.356 e. The molecular weight excluding hydrogens is 326 g/mol. The molecule has 0 radical (unpaired) electrons. The normalized spacial score (nSPS) is 24.7. The Labute approximate surface area is 147 Å². The second-order valence-electron chi connectivity index (χ2n) is 7.42. The highest BCUT2D eigenvalue weighted by Gasteiger charge is 2.33. The first-order valence-corrected chi connectivity index (χ1v) is 10.8. The van der Waals surface area contributed by atoms with Crippen LogP contribution in [0.5, 0.6) is 0 Å². The summed E-state index contributed by atoms with van der Waals surface area (Å²) < 4.78 is 27.1. The van der Waals surface area contributed by atoms with Gasteiger partial charge in [0.2, 0.25) is 5.91 Å². The highest BCUT2D eigenvalue weighted by atomic mass is 32.2. The summed E-state index contributed by atoms with van der Waals surface area (Å²) in [6, 6.07) is 0. The Morgan fingerprint density at radius 3 is 2.38 bits per heavy atom. The predicted octanol–water partition coefficient (Wildman–Crippen LogP) is 1.98. The van der Waals surface area contributed by atoms with Crippen LogP contribution < -0.4 is 5.32 Å². The standard InChI is InChI=1S/C17H33N3O3S/c1-19(2)24(22,23)20-13-7-10-16(14-20)17(21)18-12-11-15-8-5-3-4-6-9-15/h15-16H,3-14H2,1-2H3,(H,18,21)/t16-/m0/s1. The van der Waals surface area contributed by atoms with Gasteiger partial charge in [0.05, 0.1) is 5.92 Å². The van der Waals surface area contributed by atoms with Gasteiger partial charge in [0, 0.05) is 33.7 Å². The van der Waals surface area contributed by atoms with E-state index in [0.717, 1.165) is 31.7 Å². The Morgan fingerprint density at radius 1 is 1.08 bits per heavy atom. The zero-order chi connectivity index (χ0) is 17.6. The molecule has 1 heterocycles. The van der Waals surface area contributed by atoms with Gasteiger partial charge in [0.1, 0.15) is 0 Å². The molecule has 2 fully saturated rings. The van der Waals surface area contributed by atoms with Crippen molar-refractivity contribution in [3.05, 3.63) is 0 Å². The van der Waals surface area contributed by atoms with Gasteiger partial charge < -0.3 is 5.32 Å². The first-order valence-electron chi connectivity index (χ1n) is 9.36. The summed E-state index contributed by atoms with van der Waals surface area (Å²) in [7, 11) is -0.354. The van der Waals surface area contributed by atoms with E-state index in [1.807, 2.05) is 0 Å². The molecule has 1 saturated heterocycles. The van der Waals surface area contributed by atoms with Crippen LogP contribution in [0.1, 0.15) is 57.8 Å². The van der Waals surface area contributed by atoms with Crippen LogP contribution in [-0.2, 0) is 15.0 Å². The van der Waals surface area contributed by atoms with Gasteiger partial charge in [-0.15, -0.1) is 0 Å². The highest BCUT2D eigenvalue weighted by molar-refractivity contribution is 7.86. The maximum Gasteiger partial charge on any atom is 0.281 e. The van der Waals surface area contributed by atoms with Gasteiger partial charge in [-0.05, 0) is 25.2 Å². The first kappa shape index (κ1) is 19.7. The lowest BCUT2D eigenvalue weighted by molar-refractivity contribution is -0.126. The van der Waals surface area contributed by atoms with Crippen LogP contribution in [0.3, 0.4) is 0 Å². The monoisotopic (exact) mass is 359 g/mol. The molecule has 24 heavy (non-hydrogen) atoms. The lowest BCUT2D eigenvalue weighted by Gasteiger charge is -2.32. The Hall–Kier alpha value is -0.660. The molecule has 0 spiro atoms. The lowest BCUT2D eigenvalue weighted by Crippen LogP contribution is -2.48. The summed E-state index contributed by atoms with van der Waals surface area (Å²) in [6.07, 6.45) is 10.5. The molecule has 140 valence electrons. The van der Waals surface area contributed by atoms with E-state index < -0.39 is 10.2 Å². The number of amides is 1. The van der Waals surface area contributed by atoms with E-state index in [2.05, 4.69) is 5.32 Å². The Bertz CT molecular complexity index is 499. The molecule has 2 aliphatic rings. The fourth-order valence-corrected chi connectivity index (χ4v) is 4.98. The van der Waals surface area contributed by atoms with Crippen molar-refractivity contribution in [1.29, 1.82) is 0 Å². The number of carbonyl (C=O) groups excluding carboxylic acids is 1. The maximum absolute atomic E-state index is 12.4. The summed E-state index contributed by atoms with van der Waals surface area (Å²) in [5.74, 6) is 0.537. The second-order valence-corrected chi connectivity index (χ2v) is 9.57. The zero-order valence-electron chi connectivity index (χ0n) is 15.2. The van der Waals surface area contributed by atoms with Gasteiger partial charge in [-0.2, -0.15) is 17.0 Å². The van der Waals surface area contributed by atoms with Crippen LogP contribution in [0.2, 0.25) is 0 Å². The van der Waals surface area contributed by atoms with Gasteiger partial charge in [-0.25, -0.2) is 0 Å². The average molecular weight is 360 g/mol. The molecule has 1 aliphatic carbocycles. The molecule has 1 N–H and O–H groups in total. The van der Waals surface area contributed by atoms with Crippen molar-refractivity contribution in [1.82, 2.24) is 13.9 Å². The van der Waals surface area contributed by atoms with E-state index in [0.29, 0.717) is 13.1 Å². The third-order valence-electron chi connectivity index (χ3n) is 5.37. The molecule has 1 amide bonds. The number of carbonyl (C=O) groups is 1. The van der Waals surface area contributed by atoms with E-state index in [4.69, 9.17) is 0 Å². The van der Waals surface area contributed by atoms with Crippen molar-refractivity contribution >= 4 is 16.1 Å². The number of nitrogens with zero attached hydrogens (tertiary/aromatic N) is 2. The van der Waals surface area contributed by atoms with Crippen molar-refractivity contribution < 1.29 is 13.2 Å². The summed E-state index contributed by atoms with van der Waals surface area (Å²) in [5.41, 5.74) is 0. The summed E-state index contributed by atoms with van der Waals surface area (Å²) in [4.78, 5) is 12.4. The molecule has 0 aromatic rings. The van der Waals surface area contributed by atoms with Gasteiger partial charge in [0.25, 0.3) is 10.2 Å². The van der Waals surface area contributed by atoms with Crippen molar-refractivity contribution in [3.63, 3.8) is 0 Å². The van der Waals surface area contributed by atoms with Crippen LogP contribution >= 0.6 is 0 Å². The van der Waals surface area contributed by atoms with E-state index in [-0.39, 0.29) is 11.8 Å². The molecule has 0 aromatic heterocycles. The summed E-state index contributed by atoms with van der Waals surface area (Å²) in [6.45, 7) is 1.53. The smallest absolute Gasteiger partial charge is 0.281 e. The molecule has 0 unspecified atom stereocenters. The molecule has 0 bridgehead atoms. The molecule has 1 atom stereocenters. The van der Waals surface area contributed by atoms with Gasteiger partial charge in [-0.3, -0.25) is 4.79 Å². The number of rotatable bonds is 6. The SMILES string of the molecule is CN(C)S(=O)(=O)N1CCC[C@H](C(=O)NCCC2CCCCCC2)C1. The van der Waals surface area contributed by atoms with Crippen LogP contribution in [0.4, 0.5) is 0 Å². The fraction of sp³-hybridized carbons (Fsp3) is 0.941. The zero-order valence-corrected chi connectivity index (χ0v) is 16.0. The summed E-state index contributed by atoms with van der Waals surface area (Å²) in [5, 5.41) is 3.05. The number of hydrogen-bond acceptors (Lipinski definition) is 3. The third-order valence-corrected chi connectivity index (χ3v) is 7.28. The molecule has 7 heteroatoms. The van der Waals surface area contributed by atoms with E-state index in [1.54, 1.807) is 0 Å². The topological polar surface area (TPSA) is 69.7 Å². The van der Waals surface area contributed by atoms with Crippen molar-refractivity contribution in [3.8, 4) is 0 Å². The molecule has 2 rings (SSSR count). The van der Waals surface area contributed by atoms with Crippen LogP contribution in [-0.4, -0.2) is 56.7 Å². The summed E-state index contributed by atoms with van der Waals surface area (Å²) >= 11 is 0. The molecule has 1 saturated carbocycles. The average Bonchev–Trinajstić information content (AvgIpc) is 2.83. The number of nitrogens with one attached hydrogen (secondary N) is 1. The highest BCUT2D eigenvalue weighted by Crippen LogP contribution is 2.25. The minimum absolute atomic E-state index is 0.0160. The minimum Gasteiger partial charge on any atom is -0.356 e. The van der Waals surface area contributed by atoms with E-state index in [1.165, 1.54) is 61.2 Å². The number of piperidine rings is 1. The van der Waals surface area contributed by atoms with Crippen LogP contribution in [0.25, 0.3) is 0 Å². The third kappa shape index (κ3) is 5.43. The molecular formula is C17H33N3O3S. The van der Waals surface area contributed by atoms with Crippen molar-refractivity contribution in [2.24, 2.45) is 11.8 Å². The van der Waals surface area contributed by atoms with Gasteiger partial charge in [-0.1, -0.05) is 38.5 Å². The Balaban J connectivity index is 1.77. The van der Waals surface area contributed by atoms with Crippen molar-refractivity contribution in [2.45, 2.75) is 57.8 Å². The van der Waals surface area contributed by atoms with Crippen LogP contribution in [0, 0.1) is 11.8 Å². The Morgan fingerprint density at radius 2 is 1.75 bits per heavy atom. The van der Waals surface area contributed by atoms with E-state index in [9.17, 15) is 13.2 Å². The number of hydrogen-bond donors (Lipinski definition) is 1. The molecule has 1 aliphatic heterocycles.